The molecule has 4 heteroatoms. The molecule has 1 aliphatic heterocycles. The lowest BCUT2D eigenvalue weighted by Gasteiger charge is -2.12. The van der Waals surface area contributed by atoms with Crippen LogP contribution in [-0.2, 0) is 22.5 Å². The second kappa shape index (κ2) is 8.67. The number of benzene rings is 2. The van der Waals surface area contributed by atoms with Crippen LogP contribution < -0.4 is 10.1 Å². The highest BCUT2D eigenvalue weighted by Crippen LogP contribution is 2.16. The number of aryl methyl sites for hydroxylation is 1. The van der Waals surface area contributed by atoms with Crippen molar-refractivity contribution in [2.75, 3.05) is 13.2 Å². The number of carbonyl (C=O) groups is 1. The first-order valence-electron chi connectivity index (χ1n) is 8.84. The maximum absolute atomic E-state index is 12.0. The lowest BCUT2D eigenvalue weighted by molar-refractivity contribution is -0.120. The monoisotopic (exact) mass is 339 g/mol. The van der Waals surface area contributed by atoms with Crippen molar-refractivity contribution in [3.05, 3.63) is 65.2 Å². The molecule has 0 spiro atoms. The van der Waals surface area contributed by atoms with Crippen LogP contribution >= 0.6 is 0 Å². The van der Waals surface area contributed by atoms with Crippen LogP contribution in [0.3, 0.4) is 0 Å². The summed E-state index contributed by atoms with van der Waals surface area (Å²) in [5.41, 5.74) is 3.29. The number of rotatable bonds is 7. The molecular formula is C21H25NO3. The Morgan fingerprint density at radius 3 is 2.52 bits per heavy atom. The van der Waals surface area contributed by atoms with E-state index in [1.807, 2.05) is 55.5 Å². The lowest BCUT2D eigenvalue weighted by atomic mass is 10.1. The lowest BCUT2D eigenvalue weighted by Crippen LogP contribution is -2.24. The Morgan fingerprint density at radius 2 is 1.84 bits per heavy atom. The molecule has 0 aromatic heterocycles. The number of ether oxygens (including phenoxy) is 2. The summed E-state index contributed by atoms with van der Waals surface area (Å²) in [7, 11) is 0. The molecule has 1 atom stereocenters. The van der Waals surface area contributed by atoms with Gasteiger partial charge in [-0.1, -0.05) is 42.0 Å². The van der Waals surface area contributed by atoms with Gasteiger partial charge in [0.05, 0.1) is 12.5 Å². The van der Waals surface area contributed by atoms with E-state index >= 15 is 0 Å². The second-order valence-electron chi connectivity index (χ2n) is 6.53. The number of amides is 1. The number of hydrogen-bond donors (Lipinski definition) is 1. The summed E-state index contributed by atoms with van der Waals surface area (Å²) in [4.78, 5) is 12.0. The number of hydrogen-bond acceptors (Lipinski definition) is 3. The topological polar surface area (TPSA) is 47.6 Å². The number of carbonyl (C=O) groups excluding carboxylic acids is 1. The van der Waals surface area contributed by atoms with Crippen molar-refractivity contribution in [1.29, 1.82) is 0 Å². The quantitative estimate of drug-likeness (QED) is 0.841. The van der Waals surface area contributed by atoms with Gasteiger partial charge in [-0.25, -0.2) is 0 Å². The van der Waals surface area contributed by atoms with E-state index in [0.29, 0.717) is 19.6 Å². The predicted molar refractivity (Wildman–Crippen MR) is 97.6 cm³/mol. The molecule has 25 heavy (non-hydrogen) atoms. The summed E-state index contributed by atoms with van der Waals surface area (Å²) in [5.74, 6) is 0.868. The summed E-state index contributed by atoms with van der Waals surface area (Å²) >= 11 is 0. The van der Waals surface area contributed by atoms with Crippen LogP contribution in [0.5, 0.6) is 5.75 Å². The van der Waals surface area contributed by atoms with Gasteiger partial charge in [-0.2, -0.15) is 0 Å². The zero-order valence-corrected chi connectivity index (χ0v) is 14.7. The van der Waals surface area contributed by atoms with Gasteiger partial charge in [-0.3, -0.25) is 4.79 Å². The van der Waals surface area contributed by atoms with Gasteiger partial charge in [0.2, 0.25) is 5.91 Å². The molecule has 4 nitrogen and oxygen atoms in total. The van der Waals surface area contributed by atoms with Crippen molar-refractivity contribution in [2.24, 2.45) is 0 Å². The molecule has 132 valence electrons. The zero-order chi connectivity index (χ0) is 17.5. The molecule has 1 saturated heterocycles. The van der Waals surface area contributed by atoms with Crippen LogP contribution in [0.15, 0.2) is 48.5 Å². The standard InChI is InChI=1S/C21H25NO3/c1-16-4-6-17(7-5-16)13-21(23)22-14-18-8-10-19(11-9-18)25-15-20-3-2-12-24-20/h4-11,20H,2-3,12-15H2,1H3,(H,22,23)/t20-/m0/s1. The first-order chi connectivity index (χ1) is 12.2. The van der Waals surface area contributed by atoms with Gasteiger partial charge < -0.3 is 14.8 Å². The fraction of sp³-hybridized carbons (Fsp3) is 0.381. The maximum atomic E-state index is 12.0. The molecule has 1 fully saturated rings. The third kappa shape index (κ3) is 5.61. The summed E-state index contributed by atoms with van der Waals surface area (Å²) in [5, 5.41) is 2.96. The molecule has 1 amide bonds. The van der Waals surface area contributed by atoms with Crippen LogP contribution in [0.25, 0.3) is 0 Å². The predicted octanol–water partition coefficient (Wildman–Crippen LogP) is 3.41. The van der Waals surface area contributed by atoms with E-state index in [-0.39, 0.29) is 12.0 Å². The van der Waals surface area contributed by atoms with Crippen LogP contribution in [0, 0.1) is 6.92 Å². The highest BCUT2D eigenvalue weighted by molar-refractivity contribution is 5.78. The molecule has 2 aromatic rings. The van der Waals surface area contributed by atoms with E-state index in [1.165, 1.54) is 5.56 Å². The third-order valence-electron chi connectivity index (χ3n) is 4.36. The average molecular weight is 339 g/mol. The van der Waals surface area contributed by atoms with Crippen molar-refractivity contribution in [2.45, 2.75) is 38.8 Å². The SMILES string of the molecule is Cc1ccc(CC(=O)NCc2ccc(OC[C@@H]3CCCO3)cc2)cc1. The molecule has 1 heterocycles. The van der Waals surface area contributed by atoms with Crippen LogP contribution in [0.1, 0.15) is 29.5 Å². The first kappa shape index (κ1) is 17.5. The summed E-state index contributed by atoms with van der Waals surface area (Å²) in [6.07, 6.45) is 2.82. The van der Waals surface area contributed by atoms with Gasteiger partial charge in [0.1, 0.15) is 12.4 Å². The van der Waals surface area contributed by atoms with Gasteiger partial charge in [0.25, 0.3) is 0 Å². The molecule has 2 aromatic carbocycles. The van der Waals surface area contributed by atoms with E-state index in [9.17, 15) is 4.79 Å². The summed E-state index contributed by atoms with van der Waals surface area (Å²) < 4.78 is 11.3. The molecule has 0 unspecified atom stereocenters. The van der Waals surface area contributed by atoms with Crippen molar-refractivity contribution in [3.63, 3.8) is 0 Å². The molecular weight excluding hydrogens is 314 g/mol. The van der Waals surface area contributed by atoms with Gasteiger partial charge in [-0.05, 0) is 43.0 Å². The van der Waals surface area contributed by atoms with Crippen molar-refractivity contribution >= 4 is 5.91 Å². The van der Waals surface area contributed by atoms with Crippen LogP contribution in [-0.4, -0.2) is 25.2 Å². The Labute approximate surface area is 149 Å². The molecule has 3 rings (SSSR count). The molecule has 0 aliphatic carbocycles. The van der Waals surface area contributed by atoms with E-state index < -0.39 is 0 Å². The minimum Gasteiger partial charge on any atom is -0.491 e. The Bertz CT molecular complexity index is 673. The molecule has 1 N–H and O–H groups in total. The molecule has 0 radical (unpaired) electrons. The minimum atomic E-state index is 0.0301. The zero-order valence-electron chi connectivity index (χ0n) is 14.7. The van der Waals surface area contributed by atoms with Crippen LogP contribution in [0.2, 0.25) is 0 Å². The van der Waals surface area contributed by atoms with E-state index in [1.54, 1.807) is 0 Å². The van der Waals surface area contributed by atoms with Crippen LogP contribution in [0.4, 0.5) is 0 Å². The highest BCUT2D eigenvalue weighted by atomic mass is 16.5. The maximum Gasteiger partial charge on any atom is 0.224 e. The largest absolute Gasteiger partial charge is 0.491 e. The minimum absolute atomic E-state index is 0.0301. The van der Waals surface area contributed by atoms with Gasteiger partial charge in [0, 0.05) is 13.2 Å². The van der Waals surface area contributed by atoms with Crippen molar-refractivity contribution < 1.29 is 14.3 Å². The summed E-state index contributed by atoms with van der Waals surface area (Å²) in [6.45, 7) is 4.01. The first-order valence-corrected chi connectivity index (χ1v) is 8.84. The van der Waals surface area contributed by atoms with Gasteiger partial charge in [-0.15, -0.1) is 0 Å². The molecule has 1 aliphatic rings. The van der Waals surface area contributed by atoms with E-state index in [4.69, 9.17) is 9.47 Å². The van der Waals surface area contributed by atoms with Gasteiger partial charge in [0.15, 0.2) is 0 Å². The Hall–Kier alpha value is -2.33. The fourth-order valence-electron chi connectivity index (χ4n) is 2.82. The molecule has 0 saturated carbocycles. The average Bonchev–Trinajstić information content (AvgIpc) is 3.15. The molecule has 0 bridgehead atoms. The van der Waals surface area contributed by atoms with Gasteiger partial charge >= 0.3 is 0 Å². The van der Waals surface area contributed by atoms with E-state index in [0.717, 1.165) is 36.3 Å². The highest BCUT2D eigenvalue weighted by Gasteiger charge is 2.15. The normalized spacial score (nSPS) is 16.6. The third-order valence-corrected chi connectivity index (χ3v) is 4.36. The Kier molecular flexibility index (Phi) is 6.07. The van der Waals surface area contributed by atoms with Crippen molar-refractivity contribution in [3.8, 4) is 5.75 Å². The number of nitrogens with one attached hydrogen (secondary N) is 1. The second-order valence-corrected chi connectivity index (χ2v) is 6.53. The Morgan fingerprint density at radius 1 is 1.12 bits per heavy atom. The van der Waals surface area contributed by atoms with Crippen molar-refractivity contribution in [1.82, 2.24) is 5.32 Å². The van der Waals surface area contributed by atoms with E-state index in [2.05, 4.69) is 5.32 Å². The Balaban J connectivity index is 1.41. The smallest absolute Gasteiger partial charge is 0.224 e. The summed E-state index contributed by atoms with van der Waals surface area (Å²) in [6, 6.07) is 15.9. The fourth-order valence-corrected chi connectivity index (χ4v) is 2.82.